The van der Waals surface area contributed by atoms with E-state index in [4.69, 9.17) is 4.74 Å². The van der Waals surface area contributed by atoms with Crippen LogP contribution in [0.4, 0.5) is 11.4 Å². The number of fused-ring (bicyclic) bond motifs is 1. The lowest BCUT2D eigenvalue weighted by atomic mass is 9.78. The van der Waals surface area contributed by atoms with Crippen molar-refractivity contribution in [2.75, 3.05) is 31.1 Å². The van der Waals surface area contributed by atoms with Crippen molar-refractivity contribution in [3.05, 3.63) is 33.9 Å². The number of ether oxygens (including phenoxy) is 1. The molecule has 0 aromatic heterocycles. The SMILES string of the molecule is O=C(OCC(=O)N1CCC[C@H]2CCCC[C@@H]21)c1cc([N+](=O)[O-])ccc1N1CCCC1. The number of nitro benzene ring substituents is 1. The molecule has 1 aromatic carbocycles. The third-order valence-corrected chi connectivity index (χ3v) is 6.75. The van der Waals surface area contributed by atoms with E-state index < -0.39 is 10.9 Å². The highest BCUT2D eigenvalue weighted by Gasteiger charge is 2.36. The Morgan fingerprint density at radius 2 is 1.77 bits per heavy atom. The molecule has 2 atom stereocenters. The van der Waals surface area contributed by atoms with Crippen LogP contribution in [0.25, 0.3) is 0 Å². The molecule has 0 spiro atoms. The predicted molar refractivity (Wildman–Crippen MR) is 112 cm³/mol. The van der Waals surface area contributed by atoms with Crippen molar-refractivity contribution >= 4 is 23.3 Å². The maximum absolute atomic E-state index is 12.8. The first-order chi connectivity index (χ1) is 14.5. The number of piperidine rings is 1. The summed E-state index contributed by atoms with van der Waals surface area (Å²) in [5.41, 5.74) is 0.645. The van der Waals surface area contributed by atoms with Crippen LogP contribution in [0.5, 0.6) is 0 Å². The summed E-state index contributed by atoms with van der Waals surface area (Å²) in [6, 6.07) is 4.54. The molecule has 8 nitrogen and oxygen atoms in total. The van der Waals surface area contributed by atoms with Crippen molar-refractivity contribution in [2.24, 2.45) is 5.92 Å². The van der Waals surface area contributed by atoms with Gasteiger partial charge in [0.2, 0.25) is 0 Å². The molecule has 1 aliphatic carbocycles. The first kappa shape index (κ1) is 20.6. The van der Waals surface area contributed by atoms with E-state index in [9.17, 15) is 19.7 Å². The zero-order chi connectivity index (χ0) is 21.1. The van der Waals surface area contributed by atoms with Crippen LogP contribution in [0, 0.1) is 16.0 Å². The standard InChI is InChI=1S/C22H29N3O5/c26-21(24-13-5-7-16-6-1-2-8-19(16)24)15-30-22(27)18-14-17(25(28)29)9-10-20(18)23-11-3-4-12-23/h9-10,14,16,19H,1-8,11-13,15H2/t16-,19+/m1/s1. The number of benzene rings is 1. The van der Waals surface area contributed by atoms with Crippen LogP contribution in [0.15, 0.2) is 18.2 Å². The van der Waals surface area contributed by atoms with E-state index in [0.29, 0.717) is 18.2 Å². The van der Waals surface area contributed by atoms with Crippen molar-refractivity contribution in [1.29, 1.82) is 0 Å². The smallest absolute Gasteiger partial charge is 0.341 e. The molecule has 8 heteroatoms. The normalized spacial score (nSPS) is 23.7. The Kier molecular flexibility index (Phi) is 6.20. The second-order valence-electron chi connectivity index (χ2n) is 8.57. The molecule has 1 aromatic rings. The van der Waals surface area contributed by atoms with Crippen LogP contribution in [0.2, 0.25) is 0 Å². The number of nitrogens with zero attached hydrogens (tertiary/aromatic N) is 3. The van der Waals surface area contributed by atoms with Gasteiger partial charge < -0.3 is 14.5 Å². The number of hydrogen-bond acceptors (Lipinski definition) is 6. The molecule has 0 unspecified atom stereocenters. The molecule has 3 fully saturated rings. The summed E-state index contributed by atoms with van der Waals surface area (Å²) in [5, 5.41) is 11.2. The second-order valence-corrected chi connectivity index (χ2v) is 8.57. The van der Waals surface area contributed by atoms with Gasteiger partial charge in [0.1, 0.15) is 0 Å². The lowest BCUT2D eigenvalue weighted by molar-refractivity contribution is -0.384. The lowest BCUT2D eigenvalue weighted by Gasteiger charge is -2.44. The highest BCUT2D eigenvalue weighted by molar-refractivity contribution is 5.97. The van der Waals surface area contributed by atoms with Gasteiger partial charge in [-0.2, -0.15) is 0 Å². The van der Waals surface area contributed by atoms with Gasteiger partial charge in [-0.3, -0.25) is 14.9 Å². The van der Waals surface area contributed by atoms with E-state index in [1.165, 1.54) is 31.4 Å². The zero-order valence-electron chi connectivity index (χ0n) is 17.3. The number of non-ortho nitro benzene ring substituents is 1. The monoisotopic (exact) mass is 415 g/mol. The number of carbonyl (C=O) groups excluding carboxylic acids is 2. The van der Waals surface area contributed by atoms with Gasteiger partial charge in [-0.05, 0) is 50.5 Å². The third kappa shape index (κ3) is 4.27. The molecular formula is C22H29N3O5. The molecule has 162 valence electrons. The Balaban J connectivity index is 1.46. The number of carbonyl (C=O) groups is 2. The number of rotatable bonds is 5. The van der Waals surface area contributed by atoms with Crippen LogP contribution in [-0.4, -0.2) is 54.0 Å². The summed E-state index contributed by atoms with van der Waals surface area (Å²) in [7, 11) is 0. The van der Waals surface area contributed by atoms with Gasteiger partial charge in [-0.1, -0.05) is 12.8 Å². The topological polar surface area (TPSA) is 93.0 Å². The summed E-state index contributed by atoms with van der Waals surface area (Å²) in [4.78, 5) is 40.3. The van der Waals surface area contributed by atoms with E-state index in [1.807, 2.05) is 9.80 Å². The highest BCUT2D eigenvalue weighted by atomic mass is 16.6. The molecule has 4 rings (SSSR count). The molecule has 1 saturated carbocycles. The van der Waals surface area contributed by atoms with Gasteiger partial charge >= 0.3 is 5.97 Å². The van der Waals surface area contributed by atoms with E-state index in [2.05, 4.69) is 0 Å². The van der Waals surface area contributed by atoms with Crippen molar-refractivity contribution in [1.82, 2.24) is 4.90 Å². The number of esters is 1. The fourth-order valence-corrected chi connectivity index (χ4v) is 5.26. The van der Waals surface area contributed by atoms with Gasteiger partial charge in [-0.25, -0.2) is 4.79 Å². The predicted octanol–water partition coefficient (Wildman–Crippen LogP) is 3.53. The highest BCUT2D eigenvalue weighted by Crippen LogP contribution is 2.35. The van der Waals surface area contributed by atoms with Crippen LogP contribution in [-0.2, 0) is 9.53 Å². The maximum atomic E-state index is 12.8. The molecule has 2 heterocycles. The lowest BCUT2D eigenvalue weighted by Crippen LogP contribution is -2.50. The Bertz CT molecular complexity index is 819. The molecule has 2 saturated heterocycles. The molecule has 1 amide bonds. The van der Waals surface area contributed by atoms with Crippen molar-refractivity contribution in [3.63, 3.8) is 0 Å². The van der Waals surface area contributed by atoms with Crippen molar-refractivity contribution in [2.45, 2.75) is 57.4 Å². The minimum absolute atomic E-state index is 0.155. The average molecular weight is 415 g/mol. The molecule has 0 radical (unpaired) electrons. The quantitative estimate of drug-likeness (QED) is 0.415. The van der Waals surface area contributed by atoms with E-state index in [1.54, 1.807) is 6.07 Å². The molecule has 2 aliphatic heterocycles. The Labute approximate surface area is 176 Å². The number of anilines is 1. The van der Waals surface area contributed by atoms with E-state index in [0.717, 1.165) is 45.2 Å². The second kappa shape index (κ2) is 9.02. The number of nitro groups is 1. The van der Waals surface area contributed by atoms with Crippen LogP contribution in [0.3, 0.4) is 0 Å². The molecule has 0 N–H and O–H groups in total. The fourth-order valence-electron chi connectivity index (χ4n) is 5.26. The Morgan fingerprint density at radius 1 is 1.03 bits per heavy atom. The Hall–Kier alpha value is -2.64. The van der Waals surface area contributed by atoms with Gasteiger partial charge in [-0.15, -0.1) is 0 Å². The maximum Gasteiger partial charge on any atom is 0.341 e. The van der Waals surface area contributed by atoms with Gasteiger partial charge in [0.15, 0.2) is 6.61 Å². The van der Waals surface area contributed by atoms with Crippen LogP contribution >= 0.6 is 0 Å². The molecule has 30 heavy (non-hydrogen) atoms. The fraction of sp³-hybridized carbons (Fsp3) is 0.636. The van der Waals surface area contributed by atoms with E-state index >= 15 is 0 Å². The van der Waals surface area contributed by atoms with Crippen LogP contribution < -0.4 is 4.90 Å². The van der Waals surface area contributed by atoms with Gasteiger partial charge in [0.25, 0.3) is 11.6 Å². The van der Waals surface area contributed by atoms with Gasteiger partial charge in [0, 0.05) is 37.8 Å². The van der Waals surface area contributed by atoms with Crippen molar-refractivity contribution in [3.8, 4) is 0 Å². The number of hydrogen-bond donors (Lipinski definition) is 0. The summed E-state index contributed by atoms with van der Waals surface area (Å²) >= 11 is 0. The van der Waals surface area contributed by atoms with Crippen LogP contribution in [0.1, 0.15) is 61.7 Å². The first-order valence-electron chi connectivity index (χ1n) is 11.0. The first-order valence-corrected chi connectivity index (χ1v) is 11.0. The molecular weight excluding hydrogens is 386 g/mol. The average Bonchev–Trinajstić information content (AvgIpc) is 3.31. The largest absolute Gasteiger partial charge is 0.452 e. The number of likely N-dealkylation sites (tertiary alicyclic amines) is 1. The van der Waals surface area contributed by atoms with Crippen molar-refractivity contribution < 1.29 is 19.2 Å². The van der Waals surface area contributed by atoms with Gasteiger partial charge in [0.05, 0.1) is 16.2 Å². The Morgan fingerprint density at radius 3 is 2.53 bits per heavy atom. The summed E-state index contributed by atoms with van der Waals surface area (Å²) in [6.07, 6.45) is 8.74. The minimum Gasteiger partial charge on any atom is -0.452 e. The van der Waals surface area contributed by atoms with E-state index in [-0.39, 0.29) is 29.8 Å². The molecule has 3 aliphatic rings. The number of amides is 1. The molecule has 0 bridgehead atoms. The minimum atomic E-state index is -0.675. The summed E-state index contributed by atoms with van der Waals surface area (Å²) in [5.74, 6) is -0.273. The third-order valence-electron chi connectivity index (χ3n) is 6.75. The summed E-state index contributed by atoms with van der Waals surface area (Å²) < 4.78 is 5.38. The summed E-state index contributed by atoms with van der Waals surface area (Å²) in [6.45, 7) is 2.00. The zero-order valence-corrected chi connectivity index (χ0v) is 17.3.